The van der Waals surface area contributed by atoms with Crippen molar-refractivity contribution < 1.29 is 0 Å². The van der Waals surface area contributed by atoms with Gasteiger partial charge in [-0.2, -0.15) is 0 Å². The minimum Gasteiger partial charge on any atom is -0.315 e. The molecule has 0 radical (unpaired) electrons. The van der Waals surface area contributed by atoms with Gasteiger partial charge in [-0.05, 0) is 19.1 Å². The molecule has 2 nitrogen and oxygen atoms in total. The smallest absolute Gasteiger partial charge is 0.151 e. The Balaban J connectivity index is 2.51. The van der Waals surface area contributed by atoms with E-state index < -0.39 is 0 Å². The van der Waals surface area contributed by atoms with Crippen LogP contribution < -0.4 is 0 Å². The van der Waals surface area contributed by atoms with Crippen molar-refractivity contribution in [3.05, 3.63) is 27.8 Å². The lowest BCUT2D eigenvalue weighted by atomic mass is 10.4. The van der Waals surface area contributed by atoms with Crippen LogP contribution in [0.25, 0.3) is 10.7 Å². The van der Waals surface area contributed by atoms with Gasteiger partial charge in [-0.15, -0.1) is 11.3 Å². The number of halogens is 2. The molecule has 2 aromatic heterocycles. The molecule has 0 fully saturated rings. The number of aromatic nitrogens is 2. The predicted molar refractivity (Wildman–Crippen MR) is 61.2 cm³/mol. The Morgan fingerprint density at radius 3 is 2.79 bits per heavy atom. The number of nitrogens with zero attached hydrogens (tertiary/aromatic N) is 2. The molecule has 2 heterocycles. The second-order valence-electron chi connectivity index (χ2n) is 2.75. The SMILES string of the molecule is CCn1c(Cl)cnc1-c1ccc(Cl)s1. The minimum absolute atomic E-state index is 0.659. The molecular formula is C9H8Cl2N2S. The van der Waals surface area contributed by atoms with Crippen LogP contribution in [0.5, 0.6) is 0 Å². The third-order valence-corrected chi connectivity index (χ3v) is 3.45. The van der Waals surface area contributed by atoms with Gasteiger partial charge < -0.3 is 4.57 Å². The van der Waals surface area contributed by atoms with Gasteiger partial charge in [-0.1, -0.05) is 23.2 Å². The van der Waals surface area contributed by atoms with Gasteiger partial charge in [0, 0.05) is 6.54 Å². The Morgan fingerprint density at radius 2 is 2.21 bits per heavy atom. The summed E-state index contributed by atoms with van der Waals surface area (Å²) in [6.07, 6.45) is 1.66. The van der Waals surface area contributed by atoms with Gasteiger partial charge >= 0.3 is 0 Å². The van der Waals surface area contributed by atoms with E-state index in [1.165, 1.54) is 11.3 Å². The molecule has 0 saturated carbocycles. The van der Waals surface area contributed by atoms with Crippen LogP contribution in [0.3, 0.4) is 0 Å². The quantitative estimate of drug-likeness (QED) is 0.785. The van der Waals surface area contributed by atoms with Crippen molar-refractivity contribution >= 4 is 34.5 Å². The van der Waals surface area contributed by atoms with Crippen LogP contribution in [0, 0.1) is 0 Å². The second-order valence-corrected chi connectivity index (χ2v) is 4.85. The Bertz CT molecular complexity index is 447. The van der Waals surface area contributed by atoms with Crippen molar-refractivity contribution in [3.8, 4) is 10.7 Å². The first-order valence-electron chi connectivity index (χ1n) is 4.19. The monoisotopic (exact) mass is 246 g/mol. The molecule has 0 aromatic carbocycles. The number of imidazole rings is 1. The molecular weight excluding hydrogens is 239 g/mol. The average Bonchev–Trinajstić information content (AvgIpc) is 2.71. The van der Waals surface area contributed by atoms with Gasteiger partial charge in [0.05, 0.1) is 15.4 Å². The van der Waals surface area contributed by atoms with E-state index in [4.69, 9.17) is 23.2 Å². The molecule has 0 unspecified atom stereocenters. The van der Waals surface area contributed by atoms with Gasteiger partial charge in [-0.3, -0.25) is 0 Å². The van der Waals surface area contributed by atoms with E-state index in [2.05, 4.69) is 4.98 Å². The summed E-state index contributed by atoms with van der Waals surface area (Å²) in [5.41, 5.74) is 0. The normalized spacial score (nSPS) is 10.8. The molecule has 2 rings (SSSR count). The van der Waals surface area contributed by atoms with E-state index in [0.29, 0.717) is 5.15 Å². The molecule has 0 amide bonds. The van der Waals surface area contributed by atoms with Gasteiger partial charge in [0.2, 0.25) is 0 Å². The van der Waals surface area contributed by atoms with Crippen molar-refractivity contribution in [2.24, 2.45) is 0 Å². The van der Waals surface area contributed by atoms with Crippen molar-refractivity contribution in [1.82, 2.24) is 9.55 Å². The maximum atomic E-state index is 5.97. The third-order valence-electron chi connectivity index (χ3n) is 1.92. The van der Waals surface area contributed by atoms with E-state index in [1.807, 2.05) is 23.6 Å². The zero-order valence-electron chi connectivity index (χ0n) is 7.50. The summed E-state index contributed by atoms with van der Waals surface area (Å²) >= 11 is 13.3. The summed E-state index contributed by atoms with van der Waals surface area (Å²) in [5, 5.41) is 0.659. The van der Waals surface area contributed by atoms with E-state index in [-0.39, 0.29) is 0 Å². The first-order chi connectivity index (χ1) is 6.72. The molecule has 0 aliphatic carbocycles. The van der Waals surface area contributed by atoms with E-state index in [9.17, 15) is 0 Å². The lowest BCUT2D eigenvalue weighted by Crippen LogP contribution is -1.96. The zero-order valence-corrected chi connectivity index (χ0v) is 9.83. The third kappa shape index (κ3) is 1.67. The first kappa shape index (κ1) is 10.0. The Kier molecular flexibility index (Phi) is 2.81. The number of rotatable bonds is 2. The van der Waals surface area contributed by atoms with E-state index in [0.717, 1.165) is 21.6 Å². The van der Waals surface area contributed by atoms with E-state index in [1.54, 1.807) is 6.20 Å². The Labute approximate surface area is 96.1 Å². The predicted octanol–water partition coefficient (Wildman–Crippen LogP) is 3.94. The lowest BCUT2D eigenvalue weighted by molar-refractivity contribution is 0.773. The van der Waals surface area contributed by atoms with Crippen LogP contribution in [0.2, 0.25) is 9.49 Å². The fraction of sp³-hybridized carbons (Fsp3) is 0.222. The van der Waals surface area contributed by atoms with Crippen molar-refractivity contribution in [2.45, 2.75) is 13.5 Å². The minimum atomic E-state index is 0.659. The van der Waals surface area contributed by atoms with Crippen LogP contribution in [0.1, 0.15) is 6.92 Å². The van der Waals surface area contributed by atoms with E-state index >= 15 is 0 Å². The standard InChI is InChI=1S/C9H8Cl2N2S/c1-2-13-7(10)5-12-9(13)6-3-4-8(11)14-6/h3-5H,2H2,1H3. The van der Waals surface area contributed by atoms with Crippen LogP contribution in [0.4, 0.5) is 0 Å². The largest absolute Gasteiger partial charge is 0.315 e. The number of thiophene rings is 1. The Hall–Kier alpha value is -0.510. The zero-order chi connectivity index (χ0) is 10.1. The highest BCUT2D eigenvalue weighted by atomic mass is 35.5. The fourth-order valence-electron chi connectivity index (χ4n) is 1.29. The van der Waals surface area contributed by atoms with Crippen molar-refractivity contribution in [1.29, 1.82) is 0 Å². The molecule has 2 aromatic rings. The highest BCUT2D eigenvalue weighted by molar-refractivity contribution is 7.19. The van der Waals surface area contributed by atoms with Gasteiger partial charge in [0.25, 0.3) is 0 Å². The molecule has 0 aliphatic heterocycles. The average molecular weight is 247 g/mol. The molecule has 0 saturated heterocycles. The summed E-state index contributed by atoms with van der Waals surface area (Å²) in [5.74, 6) is 0.884. The van der Waals surface area contributed by atoms with Gasteiger partial charge in [-0.25, -0.2) is 4.98 Å². The second kappa shape index (κ2) is 3.93. The van der Waals surface area contributed by atoms with Crippen LogP contribution in [0.15, 0.2) is 18.3 Å². The summed E-state index contributed by atoms with van der Waals surface area (Å²) in [7, 11) is 0. The summed E-state index contributed by atoms with van der Waals surface area (Å²) in [6, 6.07) is 3.82. The topological polar surface area (TPSA) is 17.8 Å². The number of hydrogen-bond acceptors (Lipinski definition) is 2. The van der Waals surface area contributed by atoms with Gasteiger partial charge in [0.1, 0.15) is 5.15 Å². The Morgan fingerprint density at radius 1 is 1.43 bits per heavy atom. The molecule has 0 bridgehead atoms. The summed E-state index contributed by atoms with van der Waals surface area (Å²) in [4.78, 5) is 5.30. The maximum Gasteiger partial charge on any atom is 0.151 e. The highest BCUT2D eigenvalue weighted by Gasteiger charge is 2.10. The molecule has 74 valence electrons. The van der Waals surface area contributed by atoms with Gasteiger partial charge in [0.15, 0.2) is 5.82 Å². The first-order valence-corrected chi connectivity index (χ1v) is 5.76. The maximum absolute atomic E-state index is 5.97. The van der Waals surface area contributed by atoms with Crippen molar-refractivity contribution in [2.75, 3.05) is 0 Å². The molecule has 5 heteroatoms. The molecule has 0 N–H and O–H groups in total. The summed E-state index contributed by atoms with van der Waals surface area (Å²) < 4.78 is 2.71. The number of hydrogen-bond donors (Lipinski definition) is 0. The van der Waals surface area contributed by atoms with Crippen LogP contribution in [-0.4, -0.2) is 9.55 Å². The molecule has 0 aliphatic rings. The molecule has 0 spiro atoms. The fourth-order valence-corrected chi connectivity index (χ4v) is 2.58. The van der Waals surface area contributed by atoms with Crippen LogP contribution in [-0.2, 0) is 6.54 Å². The molecule has 0 atom stereocenters. The van der Waals surface area contributed by atoms with Crippen molar-refractivity contribution in [3.63, 3.8) is 0 Å². The molecule has 14 heavy (non-hydrogen) atoms. The lowest BCUT2D eigenvalue weighted by Gasteiger charge is -2.02. The summed E-state index contributed by atoms with van der Waals surface area (Å²) in [6.45, 7) is 2.84. The highest BCUT2D eigenvalue weighted by Crippen LogP contribution is 2.31. The van der Waals surface area contributed by atoms with Crippen LogP contribution >= 0.6 is 34.5 Å².